The molecule has 1 atom stereocenters. The number of thiazole rings is 1. The normalized spacial score (nSPS) is 12.4. The Morgan fingerprint density at radius 1 is 1.43 bits per heavy atom. The number of benzene rings is 1. The minimum absolute atomic E-state index is 0.111. The zero-order chi connectivity index (χ0) is 15.4. The van der Waals surface area contributed by atoms with E-state index in [4.69, 9.17) is 0 Å². The van der Waals surface area contributed by atoms with Crippen molar-refractivity contribution in [3.8, 4) is 0 Å². The third kappa shape index (κ3) is 4.02. The average molecular weight is 307 g/mol. The number of hydrogen-bond acceptors (Lipinski definition) is 4. The molecule has 0 aliphatic heterocycles. The Kier molecular flexibility index (Phi) is 5.31. The molecule has 21 heavy (non-hydrogen) atoms. The number of nitrogens with zero attached hydrogens (tertiary/aromatic N) is 2. The number of aryl methyl sites for hydroxylation is 1. The molecule has 0 amide bonds. The Morgan fingerprint density at radius 2 is 2.19 bits per heavy atom. The molecule has 0 aliphatic rings. The highest BCUT2D eigenvalue weighted by Gasteiger charge is 2.15. The van der Waals surface area contributed by atoms with Gasteiger partial charge in [-0.25, -0.2) is 9.37 Å². The molecule has 0 saturated heterocycles. The Morgan fingerprint density at radius 3 is 2.81 bits per heavy atom. The molecule has 1 N–H and O–H groups in total. The molecule has 1 aromatic carbocycles. The second-order valence-electron chi connectivity index (χ2n) is 5.20. The predicted molar refractivity (Wildman–Crippen MR) is 87.4 cm³/mol. The van der Waals surface area contributed by atoms with Crippen molar-refractivity contribution in [2.45, 2.75) is 33.4 Å². The lowest BCUT2D eigenvalue weighted by Gasteiger charge is -2.25. The second kappa shape index (κ2) is 7.00. The van der Waals surface area contributed by atoms with E-state index >= 15 is 0 Å². The maximum absolute atomic E-state index is 13.6. The first-order chi connectivity index (χ1) is 10.0. The minimum atomic E-state index is -0.198. The highest BCUT2D eigenvalue weighted by molar-refractivity contribution is 7.09. The van der Waals surface area contributed by atoms with Crippen LogP contribution in [0.25, 0.3) is 0 Å². The summed E-state index contributed by atoms with van der Waals surface area (Å²) in [6.07, 6.45) is 0. The van der Waals surface area contributed by atoms with E-state index in [9.17, 15) is 4.39 Å². The number of rotatable bonds is 6. The van der Waals surface area contributed by atoms with Crippen LogP contribution in [-0.2, 0) is 6.54 Å². The monoisotopic (exact) mass is 307 g/mol. The van der Waals surface area contributed by atoms with E-state index in [2.05, 4.69) is 34.4 Å². The van der Waals surface area contributed by atoms with Crippen molar-refractivity contribution in [1.29, 1.82) is 0 Å². The molecule has 0 bridgehead atoms. The molecule has 1 unspecified atom stereocenters. The summed E-state index contributed by atoms with van der Waals surface area (Å²) in [4.78, 5) is 6.61. The number of aromatic nitrogens is 1. The molecule has 0 saturated carbocycles. The highest BCUT2D eigenvalue weighted by atomic mass is 32.1. The largest absolute Gasteiger partial charge is 0.368 e. The summed E-state index contributed by atoms with van der Waals surface area (Å²) in [5.74, 6) is -0.198. The lowest BCUT2D eigenvalue weighted by molar-refractivity contribution is 0.581. The summed E-state index contributed by atoms with van der Waals surface area (Å²) in [5, 5.41) is 6.49. The third-order valence-corrected chi connectivity index (χ3v) is 4.27. The summed E-state index contributed by atoms with van der Waals surface area (Å²) in [5.41, 5.74) is 3.06. The van der Waals surface area contributed by atoms with Crippen LogP contribution < -0.4 is 10.2 Å². The van der Waals surface area contributed by atoms with E-state index in [1.165, 1.54) is 6.07 Å². The molecule has 0 spiro atoms. The van der Waals surface area contributed by atoms with Crippen LogP contribution in [0.5, 0.6) is 0 Å². The van der Waals surface area contributed by atoms with Crippen LogP contribution in [0.2, 0.25) is 0 Å². The van der Waals surface area contributed by atoms with Gasteiger partial charge < -0.3 is 10.2 Å². The molecular formula is C16H22FN3S. The van der Waals surface area contributed by atoms with Crippen molar-refractivity contribution >= 4 is 17.0 Å². The van der Waals surface area contributed by atoms with E-state index in [-0.39, 0.29) is 11.9 Å². The predicted octanol–water partition coefficient (Wildman–Crippen LogP) is 3.90. The van der Waals surface area contributed by atoms with Crippen LogP contribution in [0.3, 0.4) is 0 Å². The lowest BCUT2D eigenvalue weighted by atomic mass is 10.0. The Labute approximate surface area is 129 Å². The fraction of sp³-hybridized carbons (Fsp3) is 0.438. The maximum Gasteiger partial charge on any atom is 0.123 e. The van der Waals surface area contributed by atoms with E-state index in [1.807, 2.05) is 20.0 Å². The molecule has 2 rings (SSSR count). The van der Waals surface area contributed by atoms with Crippen molar-refractivity contribution in [3.05, 3.63) is 45.7 Å². The summed E-state index contributed by atoms with van der Waals surface area (Å²) in [7, 11) is 2.02. The Hall–Kier alpha value is -1.46. The van der Waals surface area contributed by atoms with Crippen molar-refractivity contribution in [2.75, 3.05) is 18.5 Å². The van der Waals surface area contributed by atoms with Gasteiger partial charge in [0.15, 0.2) is 0 Å². The average Bonchev–Trinajstić information content (AvgIpc) is 2.84. The molecule has 1 aromatic heterocycles. The summed E-state index contributed by atoms with van der Waals surface area (Å²) >= 11 is 1.65. The zero-order valence-electron chi connectivity index (χ0n) is 13.0. The summed E-state index contributed by atoms with van der Waals surface area (Å²) in [6.45, 7) is 7.69. The first-order valence-electron chi connectivity index (χ1n) is 7.16. The van der Waals surface area contributed by atoms with Gasteiger partial charge in [-0.15, -0.1) is 11.3 Å². The maximum atomic E-state index is 13.6. The van der Waals surface area contributed by atoms with Gasteiger partial charge in [0.2, 0.25) is 0 Å². The number of anilines is 1. The number of halogens is 1. The van der Waals surface area contributed by atoms with Crippen molar-refractivity contribution in [2.24, 2.45) is 0 Å². The first-order valence-corrected chi connectivity index (χ1v) is 8.04. The SMILES string of the molecule is CCNC(C)c1cc(F)ccc1N(C)Cc1csc(C)n1. The molecule has 2 aromatic rings. The van der Waals surface area contributed by atoms with Gasteiger partial charge >= 0.3 is 0 Å². The van der Waals surface area contributed by atoms with Gasteiger partial charge in [0, 0.05) is 24.2 Å². The van der Waals surface area contributed by atoms with Crippen LogP contribution in [-0.4, -0.2) is 18.6 Å². The van der Waals surface area contributed by atoms with Crippen molar-refractivity contribution < 1.29 is 4.39 Å². The Bertz CT molecular complexity index is 597. The molecule has 0 fully saturated rings. The Balaban J connectivity index is 2.25. The van der Waals surface area contributed by atoms with E-state index in [0.29, 0.717) is 0 Å². The molecule has 5 heteroatoms. The molecule has 0 radical (unpaired) electrons. The van der Waals surface area contributed by atoms with Gasteiger partial charge in [-0.2, -0.15) is 0 Å². The lowest BCUT2D eigenvalue weighted by Crippen LogP contribution is -2.23. The minimum Gasteiger partial charge on any atom is -0.368 e. The van der Waals surface area contributed by atoms with Crippen LogP contribution in [0.1, 0.15) is 36.2 Å². The van der Waals surface area contributed by atoms with Gasteiger partial charge in [-0.3, -0.25) is 0 Å². The quantitative estimate of drug-likeness (QED) is 0.877. The second-order valence-corrected chi connectivity index (χ2v) is 6.26. The zero-order valence-corrected chi connectivity index (χ0v) is 13.8. The molecule has 114 valence electrons. The van der Waals surface area contributed by atoms with Gasteiger partial charge in [0.05, 0.1) is 17.2 Å². The van der Waals surface area contributed by atoms with Gasteiger partial charge in [0.1, 0.15) is 5.82 Å². The fourth-order valence-corrected chi connectivity index (χ4v) is 3.05. The highest BCUT2D eigenvalue weighted by Crippen LogP contribution is 2.27. The van der Waals surface area contributed by atoms with Crippen molar-refractivity contribution in [1.82, 2.24) is 10.3 Å². The molecule has 3 nitrogen and oxygen atoms in total. The van der Waals surface area contributed by atoms with Crippen molar-refractivity contribution in [3.63, 3.8) is 0 Å². The van der Waals surface area contributed by atoms with Crippen LogP contribution in [0.15, 0.2) is 23.6 Å². The van der Waals surface area contributed by atoms with E-state index < -0.39 is 0 Å². The summed E-state index contributed by atoms with van der Waals surface area (Å²) < 4.78 is 13.6. The van der Waals surface area contributed by atoms with Crippen LogP contribution in [0.4, 0.5) is 10.1 Å². The van der Waals surface area contributed by atoms with E-state index in [0.717, 1.165) is 35.0 Å². The molecular weight excluding hydrogens is 285 g/mol. The fourth-order valence-electron chi connectivity index (χ4n) is 2.44. The number of hydrogen-bond donors (Lipinski definition) is 1. The smallest absolute Gasteiger partial charge is 0.123 e. The topological polar surface area (TPSA) is 28.2 Å². The standard InChI is InChI=1S/C16H22FN3S/c1-5-18-11(2)15-8-13(17)6-7-16(15)20(4)9-14-10-21-12(3)19-14/h6-8,10-11,18H,5,9H2,1-4H3. The third-order valence-electron chi connectivity index (χ3n) is 3.44. The van der Waals surface area contributed by atoms with Gasteiger partial charge in [-0.1, -0.05) is 6.92 Å². The van der Waals surface area contributed by atoms with Crippen LogP contribution in [0, 0.1) is 12.7 Å². The van der Waals surface area contributed by atoms with Gasteiger partial charge in [0.25, 0.3) is 0 Å². The molecule has 1 heterocycles. The van der Waals surface area contributed by atoms with E-state index in [1.54, 1.807) is 17.4 Å². The van der Waals surface area contributed by atoms with Gasteiger partial charge in [-0.05, 0) is 44.2 Å². The number of nitrogens with one attached hydrogen (secondary N) is 1. The van der Waals surface area contributed by atoms with Crippen LogP contribution >= 0.6 is 11.3 Å². The summed E-state index contributed by atoms with van der Waals surface area (Å²) in [6, 6.07) is 5.09. The first kappa shape index (κ1) is 15.9. The molecule has 0 aliphatic carbocycles.